The molecule has 2 aromatic rings. The zero-order valence-electron chi connectivity index (χ0n) is 10.4. The zero-order chi connectivity index (χ0) is 15.5. The molecule has 0 radical (unpaired) electrons. The largest absolute Gasteiger partial charge is 0.411 e. The number of halogens is 2. The highest BCUT2D eigenvalue weighted by Gasteiger charge is 2.20. The van der Waals surface area contributed by atoms with Crippen LogP contribution in [-0.4, -0.2) is 19.8 Å². The molecule has 0 saturated carbocycles. The van der Waals surface area contributed by atoms with E-state index in [1.54, 1.807) is 18.2 Å². The molecule has 110 valence electrons. The first-order chi connectivity index (χ1) is 9.94. The Morgan fingerprint density at radius 1 is 1.14 bits per heavy atom. The molecule has 0 unspecified atom stereocenters. The van der Waals surface area contributed by atoms with Gasteiger partial charge in [-0.05, 0) is 24.3 Å². The van der Waals surface area contributed by atoms with E-state index in [-0.39, 0.29) is 26.3 Å². The predicted octanol–water partition coefficient (Wildman–Crippen LogP) is 3.57. The highest BCUT2D eigenvalue weighted by atomic mass is 35.5. The van der Waals surface area contributed by atoms with Gasteiger partial charge in [0.1, 0.15) is 4.90 Å². The van der Waals surface area contributed by atoms with Gasteiger partial charge in [0.25, 0.3) is 0 Å². The van der Waals surface area contributed by atoms with Crippen molar-refractivity contribution in [2.24, 2.45) is 5.16 Å². The van der Waals surface area contributed by atoms with E-state index in [2.05, 4.69) is 5.16 Å². The first-order valence-electron chi connectivity index (χ1n) is 5.60. The zero-order valence-corrected chi connectivity index (χ0v) is 12.7. The normalized spacial score (nSPS) is 11.7. The summed E-state index contributed by atoms with van der Waals surface area (Å²) < 4.78 is 29.4. The molecular weight excluding hydrogens is 337 g/mol. The summed E-state index contributed by atoms with van der Waals surface area (Å²) in [5, 5.41) is 11.7. The minimum atomic E-state index is -4.06. The average molecular weight is 346 g/mol. The highest BCUT2D eigenvalue weighted by molar-refractivity contribution is 7.87. The van der Waals surface area contributed by atoms with Gasteiger partial charge in [0, 0.05) is 10.6 Å². The van der Waals surface area contributed by atoms with Crippen LogP contribution in [0.5, 0.6) is 5.75 Å². The maximum atomic E-state index is 12.2. The molecule has 8 heteroatoms. The van der Waals surface area contributed by atoms with Crippen molar-refractivity contribution >= 4 is 39.5 Å². The van der Waals surface area contributed by atoms with Gasteiger partial charge >= 0.3 is 10.1 Å². The van der Waals surface area contributed by atoms with Crippen LogP contribution in [0.4, 0.5) is 0 Å². The molecule has 5 nitrogen and oxygen atoms in total. The SMILES string of the molecule is O=S(=O)(Oc1c(Cl)cc(Cl)cc1/C=N\O)c1ccccc1. The van der Waals surface area contributed by atoms with Gasteiger partial charge in [-0.2, -0.15) is 8.42 Å². The summed E-state index contributed by atoms with van der Waals surface area (Å²) in [5.41, 5.74) is 0.134. The molecule has 0 aromatic heterocycles. The lowest BCUT2D eigenvalue weighted by Crippen LogP contribution is -2.11. The lowest BCUT2D eigenvalue weighted by Gasteiger charge is -2.11. The number of hydrogen-bond donors (Lipinski definition) is 1. The van der Waals surface area contributed by atoms with Crippen molar-refractivity contribution in [3.63, 3.8) is 0 Å². The number of oxime groups is 1. The van der Waals surface area contributed by atoms with E-state index < -0.39 is 10.1 Å². The quantitative estimate of drug-likeness (QED) is 0.397. The standard InChI is InChI=1S/C13H9Cl2NO4S/c14-10-6-9(8-16-17)13(12(15)7-10)20-21(18,19)11-4-2-1-3-5-11/h1-8,17H/b16-8-. The maximum Gasteiger partial charge on any atom is 0.339 e. The van der Waals surface area contributed by atoms with Gasteiger partial charge in [0.2, 0.25) is 0 Å². The van der Waals surface area contributed by atoms with Crippen molar-refractivity contribution in [1.29, 1.82) is 0 Å². The molecule has 0 fully saturated rings. The van der Waals surface area contributed by atoms with Gasteiger partial charge in [-0.15, -0.1) is 0 Å². The Kier molecular flexibility index (Phi) is 4.72. The first kappa shape index (κ1) is 15.6. The number of hydrogen-bond acceptors (Lipinski definition) is 5. The third-order valence-electron chi connectivity index (χ3n) is 2.46. The van der Waals surface area contributed by atoms with Gasteiger partial charge in [0.15, 0.2) is 5.75 Å². The topological polar surface area (TPSA) is 76.0 Å². The molecule has 0 aliphatic heterocycles. The molecule has 0 spiro atoms. The summed E-state index contributed by atoms with van der Waals surface area (Å²) >= 11 is 11.8. The van der Waals surface area contributed by atoms with Crippen LogP contribution in [0.3, 0.4) is 0 Å². The molecule has 2 rings (SSSR count). The summed E-state index contributed by atoms with van der Waals surface area (Å²) in [7, 11) is -4.06. The van der Waals surface area contributed by atoms with Gasteiger partial charge in [-0.25, -0.2) is 0 Å². The molecule has 0 aliphatic rings. The number of rotatable bonds is 4. The van der Waals surface area contributed by atoms with E-state index in [1.165, 1.54) is 24.3 Å². The maximum absolute atomic E-state index is 12.2. The second kappa shape index (κ2) is 6.34. The fraction of sp³-hybridized carbons (Fsp3) is 0. The Bertz CT molecular complexity index is 776. The third-order valence-corrected chi connectivity index (χ3v) is 4.19. The van der Waals surface area contributed by atoms with E-state index in [0.717, 1.165) is 6.21 Å². The lowest BCUT2D eigenvalue weighted by atomic mass is 10.2. The smallest absolute Gasteiger partial charge is 0.339 e. The molecule has 1 N–H and O–H groups in total. The van der Waals surface area contributed by atoms with E-state index in [4.69, 9.17) is 32.6 Å². The fourth-order valence-corrected chi connectivity index (χ4v) is 3.16. The molecule has 0 bridgehead atoms. The van der Waals surface area contributed by atoms with Crippen LogP contribution in [0.25, 0.3) is 0 Å². The molecule has 0 heterocycles. The van der Waals surface area contributed by atoms with Crippen LogP contribution in [0.1, 0.15) is 5.56 Å². The van der Waals surface area contributed by atoms with Crippen LogP contribution in [0.15, 0.2) is 52.5 Å². The van der Waals surface area contributed by atoms with Gasteiger partial charge < -0.3 is 9.39 Å². The molecular formula is C13H9Cl2NO4S. The first-order valence-corrected chi connectivity index (χ1v) is 7.76. The third kappa shape index (κ3) is 3.66. The lowest BCUT2D eigenvalue weighted by molar-refractivity contribution is 0.321. The Balaban J connectivity index is 2.49. The Labute approximate surface area is 131 Å². The number of nitrogens with zero attached hydrogens (tertiary/aromatic N) is 1. The van der Waals surface area contributed by atoms with Crippen molar-refractivity contribution in [3.8, 4) is 5.75 Å². The van der Waals surface area contributed by atoms with E-state index in [0.29, 0.717) is 0 Å². The summed E-state index contributed by atoms with van der Waals surface area (Å²) in [6.45, 7) is 0. The highest BCUT2D eigenvalue weighted by Crippen LogP contribution is 2.33. The van der Waals surface area contributed by atoms with Crippen molar-refractivity contribution in [1.82, 2.24) is 0 Å². The minimum absolute atomic E-state index is 0.0168. The van der Waals surface area contributed by atoms with Crippen molar-refractivity contribution in [2.45, 2.75) is 4.90 Å². The molecule has 21 heavy (non-hydrogen) atoms. The van der Waals surface area contributed by atoms with Crippen LogP contribution >= 0.6 is 23.2 Å². The van der Waals surface area contributed by atoms with Gasteiger partial charge in [0.05, 0.1) is 11.2 Å². The van der Waals surface area contributed by atoms with Crippen LogP contribution in [0.2, 0.25) is 10.0 Å². The van der Waals surface area contributed by atoms with Crippen molar-refractivity contribution < 1.29 is 17.8 Å². The van der Waals surface area contributed by atoms with Gasteiger partial charge in [-0.1, -0.05) is 46.6 Å². The Morgan fingerprint density at radius 2 is 1.81 bits per heavy atom. The van der Waals surface area contributed by atoms with E-state index in [1.807, 2.05) is 0 Å². The molecule has 0 amide bonds. The summed E-state index contributed by atoms with van der Waals surface area (Å²) in [6.07, 6.45) is 0.980. The monoisotopic (exact) mass is 345 g/mol. The number of benzene rings is 2. The van der Waals surface area contributed by atoms with Crippen molar-refractivity contribution in [2.75, 3.05) is 0 Å². The second-order valence-electron chi connectivity index (χ2n) is 3.90. The summed E-state index contributed by atoms with van der Waals surface area (Å²) in [5.74, 6) is -0.164. The summed E-state index contributed by atoms with van der Waals surface area (Å²) in [6, 6.07) is 10.3. The average Bonchev–Trinajstić information content (AvgIpc) is 2.44. The molecule has 0 atom stereocenters. The van der Waals surface area contributed by atoms with Crippen LogP contribution < -0.4 is 4.18 Å². The second-order valence-corrected chi connectivity index (χ2v) is 6.29. The summed E-state index contributed by atoms with van der Waals surface area (Å²) in [4.78, 5) is -0.0251. The Hall–Kier alpha value is -1.76. The minimum Gasteiger partial charge on any atom is -0.411 e. The predicted molar refractivity (Wildman–Crippen MR) is 80.1 cm³/mol. The van der Waals surface area contributed by atoms with E-state index >= 15 is 0 Å². The van der Waals surface area contributed by atoms with Gasteiger partial charge in [-0.3, -0.25) is 0 Å². The Morgan fingerprint density at radius 3 is 2.43 bits per heavy atom. The molecule has 0 saturated heterocycles. The molecule has 0 aliphatic carbocycles. The van der Waals surface area contributed by atoms with Crippen LogP contribution in [-0.2, 0) is 10.1 Å². The molecule has 2 aromatic carbocycles. The van der Waals surface area contributed by atoms with Crippen LogP contribution in [0, 0.1) is 0 Å². The van der Waals surface area contributed by atoms with Crippen molar-refractivity contribution in [3.05, 3.63) is 58.1 Å². The fourth-order valence-electron chi connectivity index (χ4n) is 1.57. The van der Waals surface area contributed by atoms with E-state index in [9.17, 15) is 8.42 Å².